The van der Waals surface area contributed by atoms with Crippen LogP contribution in [0.1, 0.15) is 6.85 Å². The first kappa shape index (κ1) is 27.9. The van der Waals surface area contributed by atoms with Crippen LogP contribution in [0.3, 0.4) is 0 Å². The quantitative estimate of drug-likeness (QED) is 0.152. The van der Waals surface area contributed by atoms with Crippen LogP contribution in [0.15, 0.2) is 223 Å². The molecule has 11 aromatic rings. The summed E-state index contributed by atoms with van der Waals surface area (Å²) in [5, 5.41) is 8.75. The van der Waals surface area contributed by atoms with Gasteiger partial charge in [0, 0.05) is 39.9 Å². The minimum atomic E-state index is -0.441. The molecule has 0 N–H and O–H groups in total. The summed E-state index contributed by atoms with van der Waals surface area (Å²) in [6.45, 7) is 0. The molecule has 1 heterocycles. The fourth-order valence-electron chi connectivity index (χ4n) is 8.36. The van der Waals surface area contributed by atoms with E-state index >= 15 is 0 Å². The van der Waals surface area contributed by atoms with Gasteiger partial charge in [0.2, 0.25) is 0 Å². The van der Waals surface area contributed by atoms with Crippen LogP contribution in [-0.2, 0) is 0 Å². The van der Waals surface area contributed by atoms with Gasteiger partial charge in [-0.25, -0.2) is 0 Å². The Hall–Kier alpha value is -7.62. The smallest absolute Gasteiger partial charge is 0.137 e. The molecule has 10 aromatic carbocycles. The molecule has 0 saturated heterocycles. The number of fused-ring (bicyclic) bond motifs is 9. The first-order valence-electron chi connectivity index (χ1n) is 21.5. The first-order valence-corrected chi connectivity index (χ1v) is 19.0. The zero-order valence-electron chi connectivity index (χ0n) is 35.7. The van der Waals surface area contributed by atoms with Crippen LogP contribution in [0.4, 0.5) is 34.1 Å². The number of hydrogen-bond donors (Lipinski definition) is 0. The van der Waals surface area contributed by atoms with E-state index in [4.69, 9.17) is 11.3 Å². The van der Waals surface area contributed by atoms with Crippen LogP contribution in [0, 0.1) is 0 Å². The average Bonchev–Trinajstić information content (AvgIpc) is 3.71. The van der Waals surface area contributed by atoms with E-state index in [-0.39, 0.29) is 17.8 Å². The molecule has 0 aliphatic rings. The molecule has 0 bridgehead atoms. The summed E-state index contributed by atoms with van der Waals surface area (Å²) in [4.78, 5) is 4.00. The van der Waals surface area contributed by atoms with Gasteiger partial charge >= 0.3 is 0 Å². The van der Waals surface area contributed by atoms with Crippen molar-refractivity contribution in [1.82, 2.24) is 0 Å². The van der Waals surface area contributed by atoms with Gasteiger partial charge in [0.25, 0.3) is 0 Å². The van der Waals surface area contributed by atoms with Crippen LogP contribution in [0.2, 0.25) is 0 Å². The second-order valence-electron chi connectivity index (χ2n) is 14.1. The summed E-state index contributed by atoms with van der Waals surface area (Å²) in [6.07, 6.45) is 0. The summed E-state index contributed by atoms with van der Waals surface area (Å²) in [6, 6.07) is 62.3. The molecule has 268 valence electrons. The number of rotatable bonds is 7. The highest BCUT2D eigenvalue weighted by molar-refractivity contribution is 6.26. The molecule has 57 heavy (non-hydrogen) atoms. The van der Waals surface area contributed by atoms with E-state index in [0.29, 0.717) is 22.5 Å². The van der Waals surface area contributed by atoms with Crippen LogP contribution in [0.25, 0.3) is 65.4 Å². The standard InChI is InChI=1S/C54H36N2O/c1-4-15-37(16-5-1)38-27-29-41(30-28-38)55(42-31-33-48-46-23-11-10-21-44(46)45-22-12-13-24-47(45)50(48)35-42)43-32-34-49-53(36-43)57-52-26-14-25-51(54(49)52)56(39-17-6-2-7-18-39)40-19-8-3-9-20-40/h1-36H/i2D,6D,7D,17D,18D. The Balaban J connectivity index is 1.12. The Morgan fingerprint density at radius 2 is 0.860 bits per heavy atom. The van der Waals surface area contributed by atoms with E-state index in [1.165, 1.54) is 26.9 Å². The Bertz CT molecular complexity index is 3470. The van der Waals surface area contributed by atoms with Crippen molar-refractivity contribution in [3.63, 3.8) is 0 Å². The lowest BCUT2D eigenvalue weighted by atomic mass is 9.94. The van der Waals surface area contributed by atoms with Crippen molar-refractivity contribution in [2.75, 3.05) is 9.80 Å². The van der Waals surface area contributed by atoms with Gasteiger partial charge in [0.1, 0.15) is 11.2 Å². The third-order valence-corrected chi connectivity index (χ3v) is 10.9. The van der Waals surface area contributed by atoms with Crippen molar-refractivity contribution >= 4 is 88.4 Å². The van der Waals surface area contributed by atoms with Gasteiger partial charge in [0.15, 0.2) is 0 Å². The summed E-state index contributed by atoms with van der Waals surface area (Å²) < 4.78 is 50.1. The minimum Gasteiger partial charge on any atom is -0.456 e. The molecule has 11 rings (SSSR count). The average molecular weight is 734 g/mol. The van der Waals surface area contributed by atoms with Gasteiger partial charge in [-0.3, -0.25) is 0 Å². The highest BCUT2D eigenvalue weighted by Crippen LogP contribution is 2.46. The van der Waals surface area contributed by atoms with E-state index in [9.17, 15) is 0 Å². The van der Waals surface area contributed by atoms with Gasteiger partial charge < -0.3 is 14.2 Å². The lowest BCUT2D eigenvalue weighted by Gasteiger charge is -2.27. The molecule has 0 aliphatic carbocycles. The first-order chi connectivity index (χ1) is 30.4. The molecular weight excluding hydrogens is 693 g/mol. The molecule has 3 heteroatoms. The van der Waals surface area contributed by atoms with E-state index in [1.54, 1.807) is 4.90 Å². The monoisotopic (exact) mass is 733 g/mol. The number of anilines is 6. The van der Waals surface area contributed by atoms with Crippen molar-refractivity contribution < 1.29 is 11.3 Å². The number of para-hydroxylation sites is 2. The predicted molar refractivity (Wildman–Crippen MR) is 241 cm³/mol. The fourth-order valence-corrected chi connectivity index (χ4v) is 8.36. The van der Waals surface area contributed by atoms with Crippen LogP contribution in [-0.4, -0.2) is 0 Å². The Labute approximate surface area is 337 Å². The molecule has 0 spiro atoms. The number of hydrogen-bond acceptors (Lipinski definition) is 3. The maximum atomic E-state index is 8.99. The highest BCUT2D eigenvalue weighted by atomic mass is 16.3. The molecule has 0 unspecified atom stereocenters. The van der Waals surface area contributed by atoms with Gasteiger partial charge in [0.05, 0.1) is 17.9 Å². The summed E-state index contributed by atoms with van der Waals surface area (Å²) in [5.41, 5.74) is 7.68. The van der Waals surface area contributed by atoms with Crippen molar-refractivity contribution in [1.29, 1.82) is 0 Å². The fraction of sp³-hybridized carbons (Fsp3) is 0. The normalized spacial score (nSPS) is 12.7. The van der Waals surface area contributed by atoms with Crippen molar-refractivity contribution in [3.8, 4) is 11.1 Å². The Morgan fingerprint density at radius 3 is 1.54 bits per heavy atom. The minimum absolute atomic E-state index is 0.0578. The molecule has 3 nitrogen and oxygen atoms in total. The molecule has 1 aromatic heterocycles. The molecule has 0 saturated carbocycles. The third kappa shape index (κ3) is 5.60. The Morgan fingerprint density at radius 1 is 0.333 bits per heavy atom. The molecule has 0 radical (unpaired) electrons. The van der Waals surface area contributed by atoms with E-state index in [2.05, 4.69) is 138 Å². The molecule has 0 atom stereocenters. The van der Waals surface area contributed by atoms with E-state index in [0.717, 1.165) is 44.3 Å². The summed E-state index contributed by atoms with van der Waals surface area (Å²) in [5.74, 6) is 0. The lowest BCUT2D eigenvalue weighted by molar-refractivity contribution is 0.669. The molecular formula is C54H36N2O. The number of benzene rings is 10. The highest BCUT2D eigenvalue weighted by Gasteiger charge is 2.21. The third-order valence-electron chi connectivity index (χ3n) is 10.9. The van der Waals surface area contributed by atoms with Gasteiger partial charge in [-0.05, 0) is 116 Å². The zero-order valence-corrected chi connectivity index (χ0v) is 30.7. The second kappa shape index (κ2) is 13.6. The maximum absolute atomic E-state index is 8.99. The van der Waals surface area contributed by atoms with Crippen molar-refractivity contribution in [2.24, 2.45) is 0 Å². The lowest BCUT2D eigenvalue weighted by Crippen LogP contribution is -2.10. The van der Waals surface area contributed by atoms with Crippen molar-refractivity contribution in [2.45, 2.75) is 0 Å². The van der Waals surface area contributed by atoms with Crippen molar-refractivity contribution in [3.05, 3.63) is 218 Å². The molecule has 0 aliphatic heterocycles. The zero-order chi connectivity index (χ0) is 42.1. The van der Waals surface area contributed by atoms with Crippen LogP contribution in [0.5, 0.6) is 0 Å². The molecule has 0 amide bonds. The maximum Gasteiger partial charge on any atom is 0.137 e. The van der Waals surface area contributed by atoms with Gasteiger partial charge in [-0.1, -0.05) is 139 Å². The van der Waals surface area contributed by atoms with Crippen LogP contribution < -0.4 is 9.80 Å². The largest absolute Gasteiger partial charge is 0.456 e. The number of furan rings is 1. The number of nitrogens with zero attached hydrogens (tertiary/aromatic N) is 2. The summed E-state index contributed by atoms with van der Waals surface area (Å²) >= 11 is 0. The predicted octanol–water partition coefficient (Wildman–Crippen LogP) is 15.7. The van der Waals surface area contributed by atoms with E-state index in [1.807, 2.05) is 54.6 Å². The Kier molecular flexibility index (Phi) is 6.65. The van der Waals surface area contributed by atoms with E-state index < -0.39 is 18.1 Å². The van der Waals surface area contributed by atoms with Gasteiger partial charge in [-0.2, -0.15) is 0 Å². The SMILES string of the molecule is [2H]c1c([2H])c([2H])c(N(c2ccccc2)c2cccc3oc4cc(N(c5ccc(-c6ccccc6)cc5)c5ccc6c7ccccc7c7ccccc7c6c5)ccc4c23)c([2H])c1[2H]. The van der Waals surface area contributed by atoms with Crippen LogP contribution >= 0.6 is 0 Å². The summed E-state index contributed by atoms with van der Waals surface area (Å²) in [7, 11) is 0. The molecule has 0 fully saturated rings. The second-order valence-corrected chi connectivity index (χ2v) is 14.1. The topological polar surface area (TPSA) is 19.6 Å². The van der Waals surface area contributed by atoms with Gasteiger partial charge in [-0.15, -0.1) is 0 Å².